The van der Waals surface area contributed by atoms with E-state index in [-0.39, 0.29) is 28.4 Å². The molecule has 0 radical (unpaired) electrons. The summed E-state index contributed by atoms with van der Waals surface area (Å²) < 4.78 is 42.4. The highest BCUT2D eigenvalue weighted by atomic mass is 35.5. The summed E-state index contributed by atoms with van der Waals surface area (Å²) in [6.07, 6.45) is 1.95. The predicted octanol–water partition coefficient (Wildman–Crippen LogP) is 3.72. The van der Waals surface area contributed by atoms with Crippen molar-refractivity contribution in [1.82, 2.24) is 9.29 Å². The number of aromatic nitrogens is 1. The molecule has 2 aromatic carbocycles. The Hall–Kier alpha value is -2.32. The summed E-state index contributed by atoms with van der Waals surface area (Å²) in [6.45, 7) is -0.00168. The molecule has 4 rings (SSSR count). The number of benzene rings is 2. The van der Waals surface area contributed by atoms with Crippen LogP contribution in [-0.2, 0) is 23.0 Å². The van der Waals surface area contributed by atoms with Gasteiger partial charge in [0.05, 0.1) is 17.0 Å². The zero-order valence-electron chi connectivity index (χ0n) is 15.2. The number of aliphatic hydroxyl groups excluding tert-OH is 1. The highest BCUT2D eigenvalue weighted by molar-refractivity contribution is 7.89. The summed E-state index contributed by atoms with van der Waals surface area (Å²) in [4.78, 5) is 4.08. The van der Waals surface area contributed by atoms with E-state index in [2.05, 4.69) is 4.98 Å². The van der Waals surface area contributed by atoms with Gasteiger partial charge in [-0.25, -0.2) is 12.8 Å². The Balaban J connectivity index is 1.83. The molecule has 2 atom stereocenters. The summed E-state index contributed by atoms with van der Waals surface area (Å²) in [5.74, 6) is -0.540. The molecule has 2 heterocycles. The highest BCUT2D eigenvalue weighted by Gasteiger charge is 2.44. The summed E-state index contributed by atoms with van der Waals surface area (Å²) in [5.41, 5.74) is 1.13. The fraction of sp³-hybridized carbons (Fsp3) is 0.190. The van der Waals surface area contributed by atoms with Gasteiger partial charge in [-0.3, -0.25) is 4.98 Å². The maximum atomic E-state index is 14.4. The van der Waals surface area contributed by atoms with Crippen molar-refractivity contribution in [3.05, 3.63) is 94.5 Å². The maximum absolute atomic E-state index is 14.4. The standard InChI is InChI=1S/C21H18ClFN2O3S/c22-17-7-3-8-18(23)16(17)11-19-21(26)15-6-1-2-9-20(15)29(27,28)25(19)13-14-5-4-10-24-12-14/h1-10,12,19,21,26H,11,13H2/t19-,21+/m1/s1. The average Bonchev–Trinajstić information content (AvgIpc) is 2.72. The minimum Gasteiger partial charge on any atom is -0.387 e. The molecule has 0 spiro atoms. The first kappa shape index (κ1) is 20.0. The number of hydrogen-bond donors (Lipinski definition) is 1. The monoisotopic (exact) mass is 432 g/mol. The fourth-order valence-corrected chi connectivity index (χ4v) is 5.75. The van der Waals surface area contributed by atoms with Crippen LogP contribution in [0.25, 0.3) is 0 Å². The Labute approximate surface area is 173 Å². The second-order valence-corrected chi connectivity index (χ2v) is 9.13. The molecule has 0 saturated carbocycles. The van der Waals surface area contributed by atoms with Gasteiger partial charge in [0.15, 0.2) is 0 Å². The third-order valence-corrected chi connectivity index (χ3v) is 7.39. The Kier molecular flexibility index (Phi) is 5.40. The second-order valence-electron chi connectivity index (χ2n) is 6.87. The molecule has 1 N–H and O–H groups in total. The molecule has 5 nitrogen and oxygen atoms in total. The van der Waals surface area contributed by atoms with Gasteiger partial charge in [0.1, 0.15) is 5.82 Å². The van der Waals surface area contributed by atoms with E-state index in [1.165, 1.54) is 22.5 Å². The summed E-state index contributed by atoms with van der Waals surface area (Å²) >= 11 is 6.18. The van der Waals surface area contributed by atoms with E-state index in [0.717, 1.165) is 0 Å². The largest absolute Gasteiger partial charge is 0.387 e. The molecular weight excluding hydrogens is 415 g/mol. The van der Waals surface area contributed by atoms with E-state index in [4.69, 9.17) is 11.6 Å². The van der Waals surface area contributed by atoms with Crippen molar-refractivity contribution in [2.45, 2.75) is 30.0 Å². The average molecular weight is 433 g/mol. The van der Waals surface area contributed by atoms with Crippen LogP contribution < -0.4 is 0 Å². The van der Waals surface area contributed by atoms with Gasteiger partial charge in [0.2, 0.25) is 10.0 Å². The van der Waals surface area contributed by atoms with Crippen LogP contribution in [0.15, 0.2) is 71.9 Å². The van der Waals surface area contributed by atoms with E-state index in [0.29, 0.717) is 11.1 Å². The molecule has 0 amide bonds. The summed E-state index contributed by atoms with van der Waals surface area (Å²) in [5, 5.41) is 11.2. The number of halogens is 2. The Morgan fingerprint density at radius 3 is 2.62 bits per heavy atom. The van der Waals surface area contributed by atoms with Crippen molar-refractivity contribution < 1.29 is 17.9 Å². The molecule has 29 heavy (non-hydrogen) atoms. The normalized spacial score (nSPS) is 20.9. The van der Waals surface area contributed by atoms with Crippen molar-refractivity contribution in [3.8, 4) is 0 Å². The number of nitrogens with zero attached hydrogens (tertiary/aromatic N) is 2. The van der Waals surface area contributed by atoms with Crippen LogP contribution in [0, 0.1) is 5.82 Å². The van der Waals surface area contributed by atoms with Gasteiger partial charge >= 0.3 is 0 Å². The predicted molar refractivity (Wildman–Crippen MR) is 107 cm³/mol. The van der Waals surface area contributed by atoms with Crippen LogP contribution in [0.4, 0.5) is 4.39 Å². The van der Waals surface area contributed by atoms with Crippen LogP contribution in [-0.4, -0.2) is 28.9 Å². The number of pyridine rings is 1. The third kappa shape index (κ3) is 3.67. The molecule has 0 fully saturated rings. The molecule has 0 saturated heterocycles. The maximum Gasteiger partial charge on any atom is 0.244 e. The third-order valence-electron chi connectivity index (χ3n) is 5.09. The van der Waals surface area contributed by atoms with Gasteiger partial charge < -0.3 is 5.11 Å². The molecule has 3 aromatic rings. The van der Waals surface area contributed by atoms with Crippen LogP contribution in [0.5, 0.6) is 0 Å². The van der Waals surface area contributed by atoms with Crippen molar-refractivity contribution in [2.24, 2.45) is 0 Å². The Morgan fingerprint density at radius 2 is 1.90 bits per heavy atom. The van der Waals surface area contributed by atoms with E-state index in [9.17, 15) is 17.9 Å². The number of hydrogen-bond acceptors (Lipinski definition) is 4. The molecule has 0 bridgehead atoms. The molecule has 0 aliphatic carbocycles. The zero-order chi connectivity index (χ0) is 20.6. The molecule has 8 heteroatoms. The van der Waals surface area contributed by atoms with E-state index < -0.39 is 28.0 Å². The van der Waals surface area contributed by atoms with Crippen molar-refractivity contribution in [3.63, 3.8) is 0 Å². The second kappa shape index (κ2) is 7.84. The first-order valence-corrected chi connectivity index (χ1v) is 10.8. The van der Waals surface area contributed by atoms with E-state index in [1.807, 2.05) is 0 Å². The van der Waals surface area contributed by atoms with E-state index >= 15 is 0 Å². The van der Waals surface area contributed by atoms with Gasteiger partial charge in [0, 0.05) is 35.1 Å². The molecular formula is C21H18ClFN2O3S. The van der Waals surface area contributed by atoms with Crippen LogP contribution >= 0.6 is 11.6 Å². The minimum absolute atomic E-state index is 0.00168. The van der Waals surface area contributed by atoms with Crippen LogP contribution in [0.1, 0.15) is 22.8 Å². The van der Waals surface area contributed by atoms with Gasteiger partial charge in [0.25, 0.3) is 0 Å². The number of aliphatic hydroxyl groups is 1. The van der Waals surface area contributed by atoms with Crippen molar-refractivity contribution >= 4 is 21.6 Å². The smallest absolute Gasteiger partial charge is 0.244 e. The molecule has 150 valence electrons. The number of fused-ring (bicyclic) bond motifs is 1. The van der Waals surface area contributed by atoms with Gasteiger partial charge in [-0.2, -0.15) is 4.31 Å². The van der Waals surface area contributed by atoms with Crippen molar-refractivity contribution in [1.29, 1.82) is 0 Å². The van der Waals surface area contributed by atoms with Crippen LogP contribution in [0.3, 0.4) is 0 Å². The lowest BCUT2D eigenvalue weighted by atomic mass is 9.95. The molecule has 1 aliphatic heterocycles. The quantitative estimate of drug-likeness (QED) is 0.682. The molecule has 1 aliphatic rings. The number of sulfonamides is 1. The topological polar surface area (TPSA) is 70.5 Å². The van der Waals surface area contributed by atoms with Crippen molar-refractivity contribution in [2.75, 3.05) is 0 Å². The van der Waals surface area contributed by atoms with Gasteiger partial charge in [-0.1, -0.05) is 41.9 Å². The summed E-state index contributed by atoms with van der Waals surface area (Å²) in [7, 11) is -3.93. The lowest BCUT2D eigenvalue weighted by Crippen LogP contribution is -2.48. The first-order valence-electron chi connectivity index (χ1n) is 9.00. The Bertz CT molecular complexity index is 1120. The zero-order valence-corrected chi connectivity index (χ0v) is 16.8. The minimum atomic E-state index is -3.93. The first-order chi connectivity index (χ1) is 13.9. The van der Waals surface area contributed by atoms with Crippen LogP contribution in [0.2, 0.25) is 5.02 Å². The fourth-order valence-electron chi connectivity index (χ4n) is 3.65. The molecule has 0 unspecified atom stereocenters. The van der Waals surface area contributed by atoms with E-state index in [1.54, 1.807) is 48.8 Å². The number of rotatable bonds is 4. The SMILES string of the molecule is O=S1(=O)c2ccccc2[C@H](O)[C@@H](Cc2c(F)cccc2Cl)N1Cc1cccnc1. The lowest BCUT2D eigenvalue weighted by Gasteiger charge is -2.39. The van der Waals surface area contributed by atoms with Gasteiger partial charge in [-0.05, 0) is 36.2 Å². The Morgan fingerprint density at radius 1 is 1.10 bits per heavy atom. The lowest BCUT2D eigenvalue weighted by molar-refractivity contribution is 0.0765. The molecule has 1 aromatic heterocycles. The summed E-state index contributed by atoms with van der Waals surface area (Å²) in [6, 6.07) is 13.2. The highest BCUT2D eigenvalue weighted by Crippen LogP contribution is 2.39. The van der Waals surface area contributed by atoms with Gasteiger partial charge in [-0.15, -0.1) is 0 Å².